The number of nitro groups is 1. The number of nitrogens with zero attached hydrogens (tertiary/aromatic N) is 2. The van der Waals surface area contributed by atoms with Gasteiger partial charge in [-0.1, -0.05) is 0 Å². The average Bonchev–Trinajstić information content (AvgIpc) is 2.93. The van der Waals surface area contributed by atoms with Crippen LogP contribution >= 0.6 is 0 Å². The van der Waals surface area contributed by atoms with Crippen molar-refractivity contribution in [1.82, 2.24) is 10.2 Å². The summed E-state index contributed by atoms with van der Waals surface area (Å²) in [6, 6.07) is 3.85. The van der Waals surface area contributed by atoms with E-state index in [0.717, 1.165) is 25.7 Å². The van der Waals surface area contributed by atoms with Gasteiger partial charge in [0.05, 0.1) is 11.0 Å². The van der Waals surface area contributed by atoms with Crippen molar-refractivity contribution in [3.63, 3.8) is 0 Å². The lowest BCUT2D eigenvalue weighted by Gasteiger charge is -2.35. The quantitative estimate of drug-likeness (QED) is 0.685. The number of nitro benzene ring substituents is 1. The Bertz CT molecular complexity index is 576. The summed E-state index contributed by atoms with van der Waals surface area (Å²) in [5.74, 6) is 0.655. The molecule has 2 aliphatic heterocycles. The Morgan fingerprint density at radius 2 is 2.19 bits per heavy atom. The molecule has 2 saturated heterocycles. The lowest BCUT2D eigenvalue weighted by Crippen LogP contribution is -2.43. The first kappa shape index (κ1) is 14.4. The molecule has 0 bridgehead atoms. The van der Waals surface area contributed by atoms with Crippen LogP contribution in [-0.4, -0.2) is 35.0 Å². The van der Waals surface area contributed by atoms with Crippen molar-refractivity contribution in [2.45, 2.75) is 25.9 Å². The van der Waals surface area contributed by atoms with Crippen molar-refractivity contribution in [2.24, 2.45) is 11.8 Å². The first-order chi connectivity index (χ1) is 9.88. The smallest absolute Gasteiger partial charge is 0.272 e. The van der Waals surface area contributed by atoms with Gasteiger partial charge in [0.2, 0.25) is 0 Å². The van der Waals surface area contributed by atoms with Gasteiger partial charge >= 0.3 is 0 Å². The van der Waals surface area contributed by atoms with Gasteiger partial charge in [-0.15, -0.1) is 0 Å². The predicted octanol–water partition coefficient (Wildman–Crippen LogP) is 2.16. The van der Waals surface area contributed by atoms with E-state index in [1.165, 1.54) is 12.1 Å². The summed E-state index contributed by atoms with van der Waals surface area (Å²) < 4.78 is 13.6. The van der Waals surface area contributed by atoms with Crippen molar-refractivity contribution in [2.75, 3.05) is 19.6 Å². The largest absolute Gasteiger partial charge is 0.316 e. The first-order valence-corrected chi connectivity index (χ1v) is 7.27. The van der Waals surface area contributed by atoms with Crippen molar-refractivity contribution >= 4 is 5.69 Å². The lowest BCUT2D eigenvalue weighted by atomic mass is 9.85. The summed E-state index contributed by atoms with van der Waals surface area (Å²) in [5.41, 5.74) is 0.515. The zero-order valence-corrected chi connectivity index (χ0v) is 12.3. The SMILES string of the molecule is CC1(C)C2CNCC2CN1Cc1cc(F)cc([N+](=O)[O-])c1. The minimum atomic E-state index is -0.543. The topological polar surface area (TPSA) is 58.4 Å². The maximum absolute atomic E-state index is 13.6. The molecule has 21 heavy (non-hydrogen) atoms. The lowest BCUT2D eigenvalue weighted by molar-refractivity contribution is -0.385. The number of nitrogens with one attached hydrogen (secondary N) is 1. The van der Waals surface area contributed by atoms with Crippen LogP contribution in [0.25, 0.3) is 0 Å². The highest BCUT2D eigenvalue weighted by Crippen LogP contribution is 2.41. The van der Waals surface area contributed by atoms with Crippen LogP contribution < -0.4 is 5.32 Å². The van der Waals surface area contributed by atoms with E-state index >= 15 is 0 Å². The molecule has 114 valence electrons. The van der Waals surface area contributed by atoms with Crippen LogP contribution in [0.2, 0.25) is 0 Å². The number of rotatable bonds is 3. The second-order valence-corrected chi connectivity index (χ2v) is 6.63. The summed E-state index contributed by atoms with van der Waals surface area (Å²) in [4.78, 5) is 12.6. The molecule has 3 rings (SSSR count). The molecular weight excluding hydrogens is 273 g/mol. The Hall–Kier alpha value is -1.53. The van der Waals surface area contributed by atoms with Gasteiger partial charge in [0.15, 0.2) is 0 Å². The predicted molar refractivity (Wildman–Crippen MR) is 77.4 cm³/mol. The number of fused-ring (bicyclic) bond motifs is 1. The van der Waals surface area contributed by atoms with E-state index < -0.39 is 10.7 Å². The number of benzene rings is 1. The summed E-state index contributed by atoms with van der Waals surface area (Å²) in [6.45, 7) is 7.95. The van der Waals surface area contributed by atoms with Gasteiger partial charge < -0.3 is 5.32 Å². The third-order valence-corrected chi connectivity index (χ3v) is 5.04. The zero-order chi connectivity index (χ0) is 15.2. The Labute approximate surface area is 123 Å². The van der Waals surface area contributed by atoms with Crippen LogP contribution in [0.4, 0.5) is 10.1 Å². The highest BCUT2D eigenvalue weighted by molar-refractivity contribution is 5.35. The maximum atomic E-state index is 13.6. The highest BCUT2D eigenvalue weighted by Gasteiger charge is 2.49. The standard InChI is InChI=1S/C15H20FN3O2/c1-15(2)14-7-17-6-11(14)9-18(15)8-10-3-12(16)5-13(4-10)19(20)21/h3-5,11,14,17H,6-9H2,1-2H3. The van der Waals surface area contributed by atoms with E-state index in [4.69, 9.17) is 0 Å². The van der Waals surface area contributed by atoms with E-state index in [-0.39, 0.29) is 11.2 Å². The molecule has 2 fully saturated rings. The van der Waals surface area contributed by atoms with Crippen LogP contribution in [0.15, 0.2) is 18.2 Å². The molecule has 5 nitrogen and oxygen atoms in total. The third-order valence-electron chi connectivity index (χ3n) is 5.04. The van der Waals surface area contributed by atoms with Crippen molar-refractivity contribution in [3.05, 3.63) is 39.7 Å². The minimum Gasteiger partial charge on any atom is -0.316 e. The molecule has 0 aliphatic carbocycles. The van der Waals surface area contributed by atoms with Gasteiger partial charge in [0, 0.05) is 31.2 Å². The highest BCUT2D eigenvalue weighted by atomic mass is 19.1. The Kier molecular flexibility index (Phi) is 3.45. The van der Waals surface area contributed by atoms with Gasteiger partial charge in [-0.05, 0) is 43.9 Å². The van der Waals surface area contributed by atoms with Crippen LogP contribution in [0.1, 0.15) is 19.4 Å². The van der Waals surface area contributed by atoms with E-state index in [1.807, 2.05) is 0 Å². The molecule has 2 heterocycles. The normalized spacial score (nSPS) is 27.8. The molecular formula is C15H20FN3O2. The molecule has 0 amide bonds. The Morgan fingerprint density at radius 3 is 2.86 bits per heavy atom. The van der Waals surface area contributed by atoms with Gasteiger partial charge in [0.25, 0.3) is 5.69 Å². The van der Waals surface area contributed by atoms with E-state index in [2.05, 4.69) is 24.1 Å². The zero-order valence-electron chi connectivity index (χ0n) is 12.3. The van der Waals surface area contributed by atoms with Gasteiger partial charge in [0.1, 0.15) is 5.82 Å². The molecule has 2 atom stereocenters. The molecule has 0 radical (unpaired) electrons. The average molecular weight is 293 g/mol. The molecule has 2 unspecified atom stereocenters. The van der Waals surface area contributed by atoms with Gasteiger partial charge in [-0.3, -0.25) is 15.0 Å². The molecule has 1 N–H and O–H groups in total. The number of hydrogen-bond donors (Lipinski definition) is 1. The summed E-state index contributed by atoms with van der Waals surface area (Å²) in [7, 11) is 0. The molecule has 0 spiro atoms. The second kappa shape index (κ2) is 5.03. The second-order valence-electron chi connectivity index (χ2n) is 6.63. The number of halogens is 1. The van der Waals surface area contributed by atoms with E-state index in [9.17, 15) is 14.5 Å². The fraction of sp³-hybridized carbons (Fsp3) is 0.600. The third kappa shape index (κ3) is 2.53. The van der Waals surface area contributed by atoms with Crippen LogP contribution in [-0.2, 0) is 6.54 Å². The first-order valence-electron chi connectivity index (χ1n) is 7.27. The summed E-state index contributed by atoms with van der Waals surface area (Å²) >= 11 is 0. The fourth-order valence-electron chi connectivity index (χ4n) is 3.82. The molecule has 1 aromatic rings. The van der Waals surface area contributed by atoms with Crippen molar-refractivity contribution in [1.29, 1.82) is 0 Å². The fourth-order valence-corrected chi connectivity index (χ4v) is 3.82. The Morgan fingerprint density at radius 1 is 1.43 bits per heavy atom. The number of likely N-dealkylation sites (tertiary alicyclic amines) is 1. The Balaban J connectivity index is 1.82. The number of non-ortho nitro benzene ring substituents is 1. The van der Waals surface area contributed by atoms with Crippen LogP contribution in [0, 0.1) is 27.8 Å². The van der Waals surface area contributed by atoms with Crippen LogP contribution in [0.5, 0.6) is 0 Å². The minimum absolute atomic E-state index is 0.0231. The molecule has 6 heteroatoms. The van der Waals surface area contributed by atoms with E-state index in [1.54, 1.807) is 0 Å². The monoisotopic (exact) mass is 293 g/mol. The van der Waals surface area contributed by atoms with Gasteiger partial charge in [-0.25, -0.2) is 4.39 Å². The number of hydrogen-bond acceptors (Lipinski definition) is 4. The molecule has 1 aromatic carbocycles. The summed E-state index contributed by atoms with van der Waals surface area (Å²) in [5, 5.41) is 14.3. The van der Waals surface area contributed by atoms with Crippen molar-refractivity contribution in [3.8, 4) is 0 Å². The van der Waals surface area contributed by atoms with Crippen LogP contribution in [0.3, 0.4) is 0 Å². The maximum Gasteiger partial charge on any atom is 0.272 e. The summed E-state index contributed by atoms with van der Waals surface area (Å²) in [6.07, 6.45) is 0. The van der Waals surface area contributed by atoms with Crippen molar-refractivity contribution < 1.29 is 9.31 Å². The molecule has 0 saturated carbocycles. The molecule has 0 aromatic heterocycles. The van der Waals surface area contributed by atoms with E-state index in [0.29, 0.717) is 23.9 Å². The van der Waals surface area contributed by atoms with Gasteiger partial charge in [-0.2, -0.15) is 0 Å². The molecule has 2 aliphatic rings.